The van der Waals surface area contributed by atoms with Crippen LogP contribution in [0.3, 0.4) is 0 Å². The number of allylic oxidation sites excluding steroid dienone is 5. The third kappa shape index (κ3) is 7.74. The molecule has 5 rings (SSSR count). The lowest BCUT2D eigenvalue weighted by Gasteiger charge is -2.18. The van der Waals surface area contributed by atoms with Gasteiger partial charge < -0.3 is 25.9 Å². The first kappa shape index (κ1) is 34.3. The van der Waals surface area contributed by atoms with Gasteiger partial charge in [-0.05, 0) is 86.2 Å². The summed E-state index contributed by atoms with van der Waals surface area (Å²) in [4.78, 5) is 41.7. The Morgan fingerprint density at radius 2 is 1.92 bits per heavy atom. The van der Waals surface area contributed by atoms with Crippen molar-refractivity contribution in [1.82, 2.24) is 5.32 Å². The van der Waals surface area contributed by atoms with Crippen molar-refractivity contribution < 1.29 is 33.0 Å². The first-order valence-electron chi connectivity index (χ1n) is 15.9. The number of fused-ring (bicyclic) bond motifs is 1. The number of methoxy groups -OCH3 is 1. The molecule has 11 heteroatoms. The number of aryl methyl sites for hydroxylation is 1. The normalized spacial score (nSPS) is 18.8. The Morgan fingerprint density at radius 3 is 2.67 bits per heavy atom. The summed E-state index contributed by atoms with van der Waals surface area (Å²) in [5, 5.41) is 24.0. The van der Waals surface area contributed by atoms with Gasteiger partial charge >= 0.3 is 5.97 Å². The number of Topliss-reactive ketones (excluding diaryl/α,β-unsaturated/α-hetero) is 2. The number of benzene rings is 2. The molecule has 0 amide bonds. The molecule has 0 spiro atoms. The zero-order valence-electron chi connectivity index (χ0n) is 26.9. The number of carbonyl (C=O) groups excluding carboxylic acids is 2. The molecule has 250 valence electrons. The maximum Gasteiger partial charge on any atom is 0.321 e. The number of nitrogens with zero attached hydrogens (tertiary/aromatic N) is 1. The van der Waals surface area contributed by atoms with Crippen LogP contribution in [0.4, 0.5) is 14.5 Å². The van der Waals surface area contributed by atoms with Crippen molar-refractivity contribution in [1.29, 1.82) is 5.41 Å². The summed E-state index contributed by atoms with van der Waals surface area (Å²) in [6, 6.07) is 7.42. The number of carbonyl (C=O) groups is 3. The zero-order chi connectivity index (χ0) is 34.4. The molecule has 4 N–H and O–H groups in total. The quantitative estimate of drug-likeness (QED) is 0.106. The van der Waals surface area contributed by atoms with Crippen LogP contribution in [0.5, 0.6) is 5.75 Å². The maximum absolute atomic E-state index is 15.0. The molecule has 0 saturated heterocycles. The van der Waals surface area contributed by atoms with Crippen LogP contribution in [0.15, 0.2) is 77.1 Å². The smallest absolute Gasteiger partial charge is 0.321 e. The van der Waals surface area contributed by atoms with E-state index in [4.69, 9.17) is 10.1 Å². The van der Waals surface area contributed by atoms with Crippen molar-refractivity contribution in [3.8, 4) is 5.75 Å². The molecule has 0 aromatic heterocycles. The van der Waals surface area contributed by atoms with Crippen molar-refractivity contribution in [3.63, 3.8) is 0 Å². The predicted molar refractivity (Wildman–Crippen MR) is 181 cm³/mol. The van der Waals surface area contributed by atoms with Gasteiger partial charge in [0.1, 0.15) is 6.04 Å². The highest BCUT2D eigenvalue weighted by atomic mass is 19.2. The van der Waals surface area contributed by atoms with Gasteiger partial charge in [0.05, 0.1) is 18.5 Å². The second-order valence-electron chi connectivity index (χ2n) is 12.0. The lowest BCUT2D eigenvalue weighted by molar-refractivity contribution is -0.139. The summed E-state index contributed by atoms with van der Waals surface area (Å²) < 4.78 is 34.4. The summed E-state index contributed by atoms with van der Waals surface area (Å²) in [7, 11) is 1.28. The van der Waals surface area contributed by atoms with Crippen LogP contribution in [0, 0.1) is 29.9 Å². The minimum Gasteiger partial charge on any atom is -0.494 e. The molecule has 3 aliphatic rings. The number of hydrogen-bond donors (Lipinski definition) is 4. The average molecular weight is 657 g/mol. The molecule has 2 aromatic carbocycles. The summed E-state index contributed by atoms with van der Waals surface area (Å²) in [5.41, 5.74) is 4.69. The van der Waals surface area contributed by atoms with Gasteiger partial charge in [-0.1, -0.05) is 24.3 Å². The van der Waals surface area contributed by atoms with Crippen LogP contribution in [-0.4, -0.2) is 53.8 Å². The number of carboxylic acid groups (broad SMARTS) is 1. The monoisotopic (exact) mass is 656 g/mol. The van der Waals surface area contributed by atoms with Crippen LogP contribution in [-0.2, 0) is 9.59 Å². The minimum atomic E-state index is -1.05. The van der Waals surface area contributed by atoms with E-state index in [1.165, 1.54) is 19.2 Å². The summed E-state index contributed by atoms with van der Waals surface area (Å²) in [6.45, 7) is 2.32. The fourth-order valence-corrected chi connectivity index (χ4v) is 6.14. The van der Waals surface area contributed by atoms with Crippen molar-refractivity contribution >= 4 is 40.2 Å². The van der Waals surface area contributed by atoms with Crippen LogP contribution in [0.1, 0.15) is 66.4 Å². The minimum absolute atomic E-state index is 0.0677. The fraction of sp³-hybridized carbons (Fsp3) is 0.324. The second-order valence-corrected chi connectivity index (χ2v) is 12.0. The standard InChI is InChI=1S/C37H38F2N4O5/c1-21-17-24(43-29-10-4-3-9-27-28(20-42-36(27)29)26-14-15-33(48-2)35(39)34(26)38)12-13-25(21)32(45)19-23(40)8-5-11-31(44)22-7-6-16-41-30(18-22)37(46)47/h3,7,9-10,12-15,17,20,27,30,40-41,43H,4-6,8,11,16,18-19H2,1-2H3,(H,46,47)/t27?,30-/m1/s1. The first-order chi connectivity index (χ1) is 23.1. The van der Waals surface area contributed by atoms with Crippen LogP contribution in [0.2, 0.25) is 0 Å². The maximum atomic E-state index is 15.0. The van der Waals surface area contributed by atoms with E-state index < -0.39 is 23.6 Å². The summed E-state index contributed by atoms with van der Waals surface area (Å²) in [6.07, 6.45) is 11.3. The molecular weight excluding hydrogens is 618 g/mol. The molecule has 1 aliphatic carbocycles. The van der Waals surface area contributed by atoms with Crippen molar-refractivity contribution in [2.24, 2.45) is 10.9 Å². The highest BCUT2D eigenvalue weighted by Crippen LogP contribution is 2.38. The lowest BCUT2D eigenvalue weighted by Crippen LogP contribution is -2.36. The average Bonchev–Trinajstić information content (AvgIpc) is 3.19. The van der Waals surface area contributed by atoms with Gasteiger partial charge in [-0.25, -0.2) is 4.39 Å². The molecule has 2 heterocycles. The molecule has 2 aromatic rings. The molecule has 0 fully saturated rings. The topological polar surface area (TPSA) is 141 Å². The van der Waals surface area contributed by atoms with E-state index in [-0.39, 0.29) is 53.8 Å². The lowest BCUT2D eigenvalue weighted by atomic mass is 9.89. The van der Waals surface area contributed by atoms with E-state index in [1.54, 1.807) is 24.4 Å². The van der Waals surface area contributed by atoms with Gasteiger partial charge in [0.25, 0.3) is 0 Å². The van der Waals surface area contributed by atoms with Gasteiger partial charge in [-0.3, -0.25) is 19.4 Å². The Kier molecular flexibility index (Phi) is 10.9. The number of carboxylic acids is 1. The molecule has 9 nitrogen and oxygen atoms in total. The second kappa shape index (κ2) is 15.2. The van der Waals surface area contributed by atoms with Gasteiger partial charge in [-0.15, -0.1) is 0 Å². The number of ketones is 2. The number of halogens is 2. The summed E-state index contributed by atoms with van der Waals surface area (Å²) >= 11 is 0. The third-order valence-electron chi connectivity index (χ3n) is 8.68. The predicted octanol–water partition coefficient (Wildman–Crippen LogP) is 6.74. The van der Waals surface area contributed by atoms with Crippen molar-refractivity contribution in [3.05, 3.63) is 100 Å². The molecule has 0 radical (unpaired) electrons. The SMILES string of the molecule is COc1ccc(C2=CN=C3C(Nc4ccc(C(=O)CC(=N)CCCC(=O)C5=CCCN[C@@H](C(=O)O)C5)c(C)c4)=CCC=CC23)c(F)c1F. The Morgan fingerprint density at radius 1 is 1.10 bits per heavy atom. The van der Waals surface area contributed by atoms with Crippen molar-refractivity contribution in [2.45, 2.75) is 57.9 Å². The number of nitrogens with one attached hydrogen (secondary N) is 3. The van der Waals surface area contributed by atoms with Gasteiger partial charge in [0.15, 0.2) is 23.1 Å². The fourth-order valence-electron chi connectivity index (χ4n) is 6.14. The number of hydrogen-bond acceptors (Lipinski definition) is 8. The first-order valence-corrected chi connectivity index (χ1v) is 15.9. The molecular formula is C37H38F2N4O5. The number of anilines is 1. The van der Waals surface area contributed by atoms with E-state index in [0.717, 1.165) is 16.9 Å². The molecule has 0 bridgehead atoms. The number of ether oxygens (including phenoxy) is 1. The number of aliphatic carboxylic acids is 1. The van der Waals surface area contributed by atoms with Gasteiger partial charge in [0, 0.05) is 53.9 Å². The van der Waals surface area contributed by atoms with Crippen LogP contribution < -0.4 is 15.4 Å². The molecule has 2 aliphatic heterocycles. The molecule has 0 saturated carbocycles. The Labute approximate surface area is 277 Å². The van der Waals surface area contributed by atoms with E-state index in [9.17, 15) is 28.3 Å². The summed E-state index contributed by atoms with van der Waals surface area (Å²) in [5.74, 6) is -3.91. The van der Waals surface area contributed by atoms with Crippen LogP contribution >= 0.6 is 0 Å². The van der Waals surface area contributed by atoms with Crippen LogP contribution in [0.25, 0.3) is 5.57 Å². The van der Waals surface area contributed by atoms with E-state index in [2.05, 4.69) is 15.6 Å². The Hall–Kier alpha value is -5.03. The highest BCUT2D eigenvalue weighted by molar-refractivity contribution is 6.14. The highest BCUT2D eigenvalue weighted by Gasteiger charge is 2.31. The van der Waals surface area contributed by atoms with E-state index >= 15 is 0 Å². The Bertz CT molecular complexity index is 1810. The van der Waals surface area contributed by atoms with E-state index in [1.807, 2.05) is 31.2 Å². The van der Waals surface area contributed by atoms with Gasteiger partial charge in [-0.2, -0.15) is 4.39 Å². The number of rotatable bonds is 13. The van der Waals surface area contributed by atoms with Gasteiger partial charge in [0.2, 0.25) is 5.82 Å². The molecule has 2 atom stereocenters. The largest absolute Gasteiger partial charge is 0.494 e. The van der Waals surface area contributed by atoms with E-state index in [0.29, 0.717) is 54.6 Å². The van der Waals surface area contributed by atoms with Crippen molar-refractivity contribution in [2.75, 3.05) is 19.0 Å². The number of aliphatic imine (C=N–C) groups is 1. The molecule has 48 heavy (non-hydrogen) atoms. The third-order valence-corrected chi connectivity index (χ3v) is 8.68. The Balaban J connectivity index is 1.16. The zero-order valence-corrected chi connectivity index (χ0v) is 26.9. The molecule has 1 unspecified atom stereocenters.